The molecule has 0 bridgehead atoms. The molecule has 0 saturated heterocycles. The van der Waals surface area contributed by atoms with E-state index in [2.05, 4.69) is 140 Å². The fourth-order valence-electron chi connectivity index (χ4n) is 6.72. The average molecular weight is 727 g/mol. The summed E-state index contributed by atoms with van der Waals surface area (Å²) in [6, 6.07) is 51.1. The third-order valence-electron chi connectivity index (χ3n) is 9.48. The first-order valence-electron chi connectivity index (χ1n) is 18.0. The standard InChI is InChI=1S/C48H34N6S/c1-5-33(27-35(7-1)39-9-3-21-51-31-39)37-11-13-43(45(29-37)53-41-17-23-49-24-18-41)47-15-16-48(55-47)44-14-12-38(30-46(44)54-42-19-25-50-26-20-42)34-6-2-8-36(28-34)40-10-4-22-52-32-40/h1-32H,(H,49,53)(H,50,54). The molecule has 0 aliphatic rings. The molecule has 7 heteroatoms. The molecule has 262 valence electrons. The summed E-state index contributed by atoms with van der Waals surface area (Å²) < 4.78 is 0. The van der Waals surface area contributed by atoms with Gasteiger partial charge in [-0.3, -0.25) is 19.9 Å². The summed E-state index contributed by atoms with van der Waals surface area (Å²) in [4.78, 5) is 19.4. The van der Waals surface area contributed by atoms with Crippen LogP contribution in [0.5, 0.6) is 0 Å². The molecule has 5 aromatic heterocycles. The molecule has 0 unspecified atom stereocenters. The summed E-state index contributed by atoms with van der Waals surface area (Å²) in [5.74, 6) is 0. The van der Waals surface area contributed by atoms with E-state index in [1.54, 1.807) is 23.7 Å². The van der Waals surface area contributed by atoms with Crippen molar-refractivity contribution in [2.45, 2.75) is 0 Å². The summed E-state index contributed by atoms with van der Waals surface area (Å²) >= 11 is 1.77. The van der Waals surface area contributed by atoms with Gasteiger partial charge in [0.1, 0.15) is 0 Å². The Morgan fingerprint density at radius 1 is 0.327 bits per heavy atom. The third kappa shape index (κ3) is 7.51. The molecule has 0 radical (unpaired) electrons. The van der Waals surface area contributed by atoms with Crippen LogP contribution in [0.15, 0.2) is 195 Å². The van der Waals surface area contributed by atoms with Gasteiger partial charge in [0.15, 0.2) is 0 Å². The molecule has 0 amide bonds. The van der Waals surface area contributed by atoms with Gasteiger partial charge in [-0.25, -0.2) is 0 Å². The molecule has 5 heterocycles. The predicted octanol–water partition coefficient (Wildman–Crippen LogP) is 12.8. The lowest BCUT2D eigenvalue weighted by atomic mass is 9.97. The number of aromatic nitrogens is 4. The molecule has 0 fully saturated rings. The smallest absolute Gasteiger partial charge is 0.0478 e. The van der Waals surface area contributed by atoms with Crippen LogP contribution in [0.1, 0.15) is 0 Å². The molecule has 0 atom stereocenters. The third-order valence-corrected chi connectivity index (χ3v) is 10.6. The van der Waals surface area contributed by atoms with Crippen molar-refractivity contribution in [3.05, 3.63) is 195 Å². The summed E-state index contributed by atoms with van der Waals surface area (Å²) in [7, 11) is 0. The zero-order valence-electron chi connectivity index (χ0n) is 29.7. The summed E-state index contributed by atoms with van der Waals surface area (Å²) in [5.41, 5.74) is 15.2. The Kier molecular flexibility index (Phi) is 9.41. The van der Waals surface area contributed by atoms with Crippen LogP contribution in [-0.4, -0.2) is 19.9 Å². The Bertz CT molecular complexity index is 2510. The Morgan fingerprint density at radius 2 is 0.727 bits per heavy atom. The average Bonchev–Trinajstić information content (AvgIpc) is 3.75. The minimum Gasteiger partial charge on any atom is -0.355 e. The molecule has 0 saturated carbocycles. The van der Waals surface area contributed by atoms with Gasteiger partial charge in [-0.1, -0.05) is 72.8 Å². The maximum Gasteiger partial charge on any atom is 0.0478 e. The normalized spacial score (nSPS) is 10.9. The van der Waals surface area contributed by atoms with Crippen LogP contribution in [0.3, 0.4) is 0 Å². The number of pyridine rings is 4. The van der Waals surface area contributed by atoms with Crippen molar-refractivity contribution in [2.24, 2.45) is 0 Å². The predicted molar refractivity (Wildman–Crippen MR) is 228 cm³/mol. The molecule has 0 aliphatic heterocycles. The van der Waals surface area contributed by atoms with Crippen molar-refractivity contribution >= 4 is 34.1 Å². The van der Waals surface area contributed by atoms with E-state index < -0.39 is 0 Å². The minimum absolute atomic E-state index is 0.973. The lowest BCUT2D eigenvalue weighted by Crippen LogP contribution is -1.94. The van der Waals surface area contributed by atoms with Gasteiger partial charge in [0.2, 0.25) is 0 Å². The summed E-state index contributed by atoms with van der Waals surface area (Å²) in [6.45, 7) is 0. The van der Waals surface area contributed by atoms with Crippen LogP contribution < -0.4 is 10.6 Å². The topological polar surface area (TPSA) is 75.6 Å². The molecular weight excluding hydrogens is 693 g/mol. The van der Waals surface area contributed by atoms with Gasteiger partial charge in [-0.05, 0) is 106 Å². The quantitative estimate of drug-likeness (QED) is 0.146. The second-order valence-corrected chi connectivity index (χ2v) is 14.1. The van der Waals surface area contributed by atoms with Crippen molar-refractivity contribution in [1.82, 2.24) is 19.9 Å². The Hall–Kier alpha value is -7.22. The Labute approximate surface area is 324 Å². The molecule has 0 spiro atoms. The monoisotopic (exact) mass is 726 g/mol. The first kappa shape index (κ1) is 33.6. The SMILES string of the molecule is c1cncc(-c2cccc(-c3ccc(-c4ccc(-c5ccc(-c6cccc(-c7cccnc7)c6)cc5Nc5ccncc5)s4)c(Nc4ccncc4)c3)c2)c1. The number of rotatable bonds is 10. The minimum atomic E-state index is 0.973. The molecule has 9 aromatic rings. The van der Waals surface area contributed by atoms with Crippen molar-refractivity contribution in [2.75, 3.05) is 10.6 Å². The molecule has 2 N–H and O–H groups in total. The van der Waals surface area contributed by atoms with Crippen LogP contribution in [0.2, 0.25) is 0 Å². The summed E-state index contributed by atoms with van der Waals surface area (Å²) in [6.07, 6.45) is 14.6. The van der Waals surface area contributed by atoms with Crippen molar-refractivity contribution < 1.29 is 0 Å². The van der Waals surface area contributed by atoms with Gasteiger partial charge >= 0.3 is 0 Å². The fourth-order valence-corrected chi connectivity index (χ4v) is 7.80. The highest BCUT2D eigenvalue weighted by atomic mass is 32.1. The van der Waals surface area contributed by atoms with E-state index in [4.69, 9.17) is 0 Å². The van der Waals surface area contributed by atoms with Crippen molar-refractivity contribution in [3.63, 3.8) is 0 Å². The van der Waals surface area contributed by atoms with Gasteiger partial charge in [0.25, 0.3) is 0 Å². The van der Waals surface area contributed by atoms with Gasteiger partial charge in [0.05, 0.1) is 0 Å². The van der Waals surface area contributed by atoms with Crippen LogP contribution in [-0.2, 0) is 0 Å². The number of anilines is 4. The Balaban J connectivity index is 1.10. The Morgan fingerprint density at radius 3 is 1.15 bits per heavy atom. The lowest BCUT2D eigenvalue weighted by Gasteiger charge is -2.15. The molecular formula is C48H34N6S. The van der Waals surface area contributed by atoms with Gasteiger partial charge < -0.3 is 10.6 Å². The second-order valence-electron chi connectivity index (χ2n) is 13.1. The van der Waals surface area contributed by atoms with Gasteiger partial charge in [0, 0.05) is 104 Å². The van der Waals surface area contributed by atoms with Crippen molar-refractivity contribution in [3.8, 4) is 65.4 Å². The number of nitrogens with zero attached hydrogens (tertiary/aromatic N) is 4. The highest BCUT2D eigenvalue weighted by Crippen LogP contribution is 2.44. The van der Waals surface area contributed by atoms with E-state index in [9.17, 15) is 0 Å². The molecule has 55 heavy (non-hydrogen) atoms. The highest BCUT2D eigenvalue weighted by Gasteiger charge is 2.16. The van der Waals surface area contributed by atoms with Crippen LogP contribution in [0.25, 0.3) is 65.4 Å². The molecule has 4 aromatic carbocycles. The van der Waals surface area contributed by atoms with E-state index in [1.807, 2.05) is 73.6 Å². The van der Waals surface area contributed by atoms with Crippen LogP contribution in [0.4, 0.5) is 22.7 Å². The molecule has 6 nitrogen and oxygen atoms in total. The fraction of sp³-hybridized carbons (Fsp3) is 0. The van der Waals surface area contributed by atoms with Gasteiger partial charge in [-0.15, -0.1) is 11.3 Å². The van der Waals surface area contributed by atoms with Gasteiger partial charge in [-0.2, -0.15) is 0 Å². The zero-order valence-corrected chi connectivity index (χ0v) is 30.5. The second kappa shape index (κ2) is 15.4. The van der Waals surface area contributed by atoms with E-state index in [0.29, 0.717) is 0 Å². The number of hydrogen-bond acceptors (Lipinski definition) is 7. The van der Waals surface area contributed by atoms with E-state index in [0.717, 1.165) is 88.1 Å². The van der Waals surface area contributed by atoms with Crippen molar-refractivity contribution in [1.29, 1.82) is 0 Å². The summed E-state index contributed by atoms with van der Waals surface area (Å²) in [5, 5.41) is 7.39. The number of nitrogens with one attached hydrogen (secondary N) is 2. The maximum absolute atomic E-state index is 4.33. The van der Waals surface area contributed by atoms with Crippen LogP contribution >= 0.6 is 11.3 Å². The number of benzene rings is 4. The first-order chi connectivity index (χ1) is 27.2. The van der Waals surface area contributed by atoms with Crippen LogP contribution in [0, 0.1) is 0 Å². The first-order valence-corrected chi connectivity index (χ1v) is 18.8. The van der Waals surface area contributed by atoms with E-state index in [1.165, 1.54) is 0 Å². The lowest BCUT2D eigenvalue weighted by molar-refractivity contribution is 1.32. The largest absolute Gasteiger partial charge is 0.355 e. The number of thiophene rings is 1. The maximum atomic E-state index is 4.33. The molecule has 0 aliphatic carbocycles. The zero-order chi connectivity index (χ0) is 36.8. The molecule has 9 rings (SSSR count). The number of hydrogen-bond donors (Lipinski definition) is 2. The van der Waals surface area contributed by atoms with E-state index >= 15 is 0 Å². The van der Waals surface area contributed by atoms with E-state index in [-0.39, 0.29) is 0 Å². The highest BCUT2D eigenvalue weighted by molar-refractivity contribution is 7.19.